The van der Waals surface area contributed by atoms with Gasteiger partial charge in [0.1, 0.15) is 0 Å². The zero-order chi connectivity index (χ0) is 15.0. The molecular weight excluding hydrogens is 244 g/mol. The summed E-state index contributed by atoms with van der Waals surface area (Å²) in [4.78, 5) is 2.42. The number of hydrogen-bond acceptors (Lipinski definition) is 2. The van der Waals surface area contributed by atoms with Crippen LogP contribution in [-0.4, -0.2) is 31.1 Å². The zero-order valence-electron chi connectivity index (χ0n) is 13.9. The highest BCUT2D eigenvalue weighted by Gasteiger charge is 2.08. The molecule has 2 atom stereocenters. The van der Waals surface area contributed by atoms with Crippen LogP contribution in [0.3, 0.4) is 0 Å². The van der Waals surface area contributed by atoms with E-state index in [2.05, 4.69) is 69.2 Å². The molecule has 0 aliphatic rings. The maximum Gasteiger partial charge on any atom is 0.0233 e. The molecule has 1 aromatic carbocycles. The van der Waals surface area contributed by atoms with Gasteiger partial charge in [-0.05, 0) is 50.4 Å². The van der Waals surface area contributed by atoms with Crippen molar-refractivity contribution in [3.8, 4) is 0 Å². The molecule has 0 amide bonds. The van der Waals surface area contributed by atoms with Gasteiger partial charge in [-0.1, -0.05) is 45.0 Å². The van der Waals surface area contributed by atoms with Crippen molar-refractivity contribution in [2.75, 3.05) is 20.1 Å². The van der Waals surface area contributed by atoms with E-state index in [-0.39, 0.29) is 0 Å². The van der Waals surface area contributed by atoms with E-state index in [9.17, 15) is 0 Å². The van der Waals surface area contributed by atoms with Crippen molar-refractivity contribution in [1.82, 2.24) is 10.2 Å². The Morgan fingerprint density at radius 3 is 2.30 bits per heavy atom. The maximum absolute atomic E-state index is 3.49. The van der Waals surface area contributed by atoms with Crippen molar-refractivity contribution in [2.24, 2.45) is 0 Å². The third kappa shape index (κ3) is 5.64. The second-order valence-corrected chi connectivity index (χ2v) is 6.02. The zero-order valence-corrected chi connectivity index (χ0v) is 13.9. The Morgan fingerprint density at radius 1 is 1.10 bits per heavy atom. The summed E-state index contributed by atoms with van der Waals surface area (Å²) < 4.78 is 0. The lowest BCUT2D eigenvalue weighted by Crippen LogP contribution is -2.27. The fourth-order valence-electron chi connectivity index (χ4n) is 2.32. The minimum absolute atomic E-state index is 0.586. The molecule has 2 heteroatoms. The smallest absolute Gasteiger partial charge is 0.0233 e. The van der Waals surface area contributed by atoms with Gasteiger partial charge in [0.15, 0.2) is 0 Å². The van der Waals surface area contributed by atoms with Gasteiger partial charge in [-0.25, -0.2) is 0 Å². The van der Waals surface area contributed by atoms with Gasteiger partial charge in [0.25, 0.3) is 0 Å². The highest BCUT2D eigenvalue weighted by molar-refractivity contribution is 5.25. The SMILES string of the molecule is CCCNCC(C)c1ccc(CN(C)C(C)CC)cc1. The molecule has 20 heavy (non-hydrogen) atoms. The predicted molar refractivity (Wildman–Crippen MR) is 89.2 cm³/mol. The van der Waals surface area contributed by atoms with E-state index in [0.717, 1.165) is 19.6 Å². The number of rotatable bonds is 9. The molecule has 0 heterocycles. The molecular formula is C18H32N2. The molecule has 0 spiro atoms. The molecule has 0 aromatic heterocycles. The molecule has 0 saturated heterocycles. The predicted octanol–water partition coefficient (Wildman–Crippen LogP) is 4.02. The summed E-state index contributed by atoms with van der Waals surface area (Å²) in [6.07, 6.45) is 2.41. The molecule has 0 aliphatic heterocycles. The summed E-state index contributed by atoms with van der Waals surface area (Å²) in [6, 6.07) is 9.79. The largest absolute Gasteiger partial charge is 0.316 e. The Kier molecular flexibility index (Phi) is 7.86. The van der Waals surface area contributed by atoms with E-state index < -0.39 is 0 Å². The second-order valence-electron chi connectivity index (χ2n) is 6.02. The molecule has 0 saturated carbocycles. The lowest BCUT2D eigenvalue weighted by molar-refractivity contribution is 0.244. The first kappa shape index (κ1) is 17.2. The standard InChI is InChI=1S/C18H32N2/c1-6-12-19-13-15(3)18-10-8-17(9-11-18)14-20(5)16(4)7-2/h8-11,15-16,19H,6-7,12-14H2,1-5H3. The number of benzene rings is 1. The fraction of sp³-hybridized carbons (Fsp3) is 0.667. The van der Waals surface area contributed by atoms with Crippen molar-refractivity contribution in [2.45, 2.75) is 59.0 Å². The van der Waals surface area contributed by atoms with Gasteiger partial charge in [0.2, 0.25) is 0 Å². The van der Waals surface area contributed by atoms with Crippen LogP contribution in [-0.2, 0) is 6.54 Å². The van der Waals surface area contributed by atoms with Crippen LogP contribution in [0, 0.1) is 0 Å². The normalized spacial score (nSPS) is 14.5. The molecule has 0 radical (unpaired) electrons. The van der Waals surface area contributed by atoms with Gasteiger partial charge in [-0.15, -0.1) is 0 Å². The molecule has 114 valence electrons. The van der Waals surface area contributed by atoms with Crippen LogP contribution in [0.5, 0.6) is 0 Å². The minimum atomic E-state index is 0.586. The average Bonchev–Trinajstić information content (AvgIpc) is 2.47. The Bertz CT molecular complexity index is 358. The van der Waals surface area contributed by atoms with Crippen molar-refractivity contribution >= 4 is 0 Å². The molecule has 1 N–H and O–H groups in total. The van der Waals surface area contributed by atoms with E-state index in [0.29, 0.717) is 12.0 Å². The second kappa shape index (κ2) is 9.15. The highest BCUT2D eigenvalue weighted by atomic mass is 15.1. The Hall–Kier alpha value is -0.860. The van der Waals surface area contributed by atoms with Crippen LogP contribution in [0.25, 0.3) is 0 Å². The third-order valence-corrected chi connectivity index (χ3v) is 4.20. The van der Waals surface area contributed by atoms with Gasteiger partial charge in [0.05, 0.1) is 0 Å². The topological polar surface area (TPSA) is 15.3 Å². The summed E-state index contributed by atoms with van der Waals surface area (Å²) in [5, 5.41) is 3.49. The van der Waals surface area contributed by atoms with Gasteiger partial charge < -0.3 is 5.32 Å². The van der Waals surface area contributed by atoms with E-state index in [1.807, 2.05) is 0 Å². The number of nitrogens with zero attached hydrogens (tertiary/aromatic N) is 1. The van der Waals surface area contributed by atoms with Gasteiger partial charge >= 0.3 is 0 Å². The Labute approximate surface area is 125 Å². The van der Waals surface area contributed by atoms with Crippen LogP contribution in [0.1, 0.15) is 57.6 Å². The van der Waals surface area contributed by atoms with E-state index >= 15 is 0 Å². The summed E-state index contributed by atoms with van der Waals surface area (Å²) in [6.45, 7) is 12.3. The quantitative estimate of drug-likeness (QED) is 0.685. The third-order valence-electron chi connectivity index (χ3n) is 4.20. The van der Waals surface area contributed by atoms with Crippen LogP contribution >= 0.6 is 0 Å². The first-order chi connectivity index (χ1) is 9.58. The lowest BCUT2D eigenvalue weighted by Gasteiger charge is -2.23. The van der Waals surface area contributed by atoms with E-state index in [1.54, 1.807) is 0 Å². The molecule has 1 rings (SSSR count). The molecule has 0 aliphatic carbocycles. The van der Waals surface area contributed by atoms with Gasteiger partial charge in [-0.3, -0.25) is 4.90 Å². The average molecular weight is 276 g/mol. The maximum atomic E-state index is 3.49. The van der Waals surface area contributed by atoms with Crippen molar-refractivity contribution < 1.29 is 0 Å². The molecule has 0 bridgehead atoms. The van der Waals surface area contributed by atoms with E-state index in [1.165, 1.54) is 24.0 Å². The van der Waals surface area contributed by atoms with Crippen molar-refractivity contribution in [1.29, 1.82) is 0 Å². The summed E-state index contributed by atoms with van der Waals surface area (Å²) in [7, 11) is 2.21. The molecule has 2 unspecified atom stereocenters. The minimum Gasteiger partial charge on any atom is -0.316 e. The Morgan fingerprint density at radius 2 is 1.75 bits per heavy atom. The van der Waals surface area contributed by atoms with Crippen molar-refractivity contribution in [3.05, 3.63) is 35.4 Å². The van der Waals surface area contributed by atoms with Crippen LogP contribution in [0.2, 0.25) is 0 Å². The van der Waals surface area contributed by atoms with Crippen molar-refractivity contribution in [3.63, 3.8) is 0 Å². The van der Waals surface area contributed by atoms with Gasteiger partial charge in [-0.2, -0.15) is 0 Å². The van der Waals surface area contributed by atoms with E-state index in [4.69, 9.17) is 0 Å². The first-order valence-corrected chi connectivity index (χ1v) is 8.08. The van der Waals surface area contributed by atoms with Crippen LogP contribution in [0.4, 0.5) is 0 Å². The van der Waals surface area contributed by atoms with Gasteiger partial charge in [0, 0.05) is 19.1 Å². The van der Waals surface area contributed by atoms with Crippen LogP contribution < -0.4 is 5.32 Å². The Balaban J connectivity index is 2.51. The molecule has 1 aromatic rings. The monoisotopic (exact) mass is 276 g/mol. The highest BCUT2D eigenvalue weighted by Crippen LogP contribution is 2.16. The molecule has 2 nitrogen and oxygen atoms in total. The first-order valence-electron chi connectivity index (χ1n) is 8.08. The number of nitrogens with one attached hydrogen (secondary N) is 1. The fourth-order valence-corrected chi connectivity index (χ4v) is 2.32. The summed E-state index contributed by atoms with van der Waals surface area (Å²) >= 11 is 0. The lowest BCUT2D eigenvalue weighted by atomic mass is 9.99. The molecule has 0 fully saturated rings. The number of hydrogen-bond donors (Lipinski definition) is 1. The van der Waals surface area contributed by atoms with Crippen LogP contribution in [0.15, 0.2) is 24.3 Å². The summed E-state index contributed by atoms with van der Waals surface area (Å²) in [5.74, 6) is 0.586. The summed E-state index contributed by atoms with van der Waals surface area (Å²) in [5.41, 5.74) is 2.84.